The van der Waals surface area contributed by atoms with Gasteiger partial charge < -0.3 is 70.5 Å². The molecule has 3 aliphatic rings. The number of nitrogens with zero attached hydrogens (tertiary/aromatic N) is 6. The Morgan fingerprint density at radius 3 is 1.76 bits per heavy atom. The highest BCUT2D eigenvalue weighted by atomic mass is 16.5. The third-order valence-corrected chi connectivity index (χ3v) is 18.7. The van der Waals surface area contributed by atoms with Crippen molar-refractivity contribution in [1.82, 2.24) is 56.0 Å². The van der Waals surface area contributed by atoms with E-state index in [1.807, 2.05) is 62.3 Å². The number of aliphatic hydroxyl groups excluding tert-OH is 1. The summed E-state index contributed by atoms with van der Waals surface area (Å²) >= 11 is 0. The molecule has 0 saturated carbocycles. The molecule has 9 amide bonds. The lowest BCUT2D eigenvalue weighted by molar-refractivity contribution is -0.173. The fourth-order valence-electron chi connectivity index (χ4n) is 12.7. The molecule has 0 spiro atoms. The van der Waals surface area contributed by atoms with Gasteiger partial charge in [-0.25, -0.2) is 0 Å². The van der Waals surface area contributed by atoms with E-state index in [9.17, 15) is 48.3 Å². The smallest absolute Gasteiger partial charge is 0.252 e. The SMILES string of the molecule is CCCC1NCC(C)CC(C=O)NC(=O)C(CC(C)C)N(C)C(=O)CN(C)C(=O)C(C(C)O)NC(=O)C(C(C)C(C)CCN2CC3CCC(C2)O3)N(C)C(=O)C(C(C)C)N(C)C(=O)CCC(C)CNC(=O)C(CC(C)C)N(C)C(=O)C(C(C)C)OC(C)(C=O)NC1=O. The summed E-state index contributed by atoms with van der Waals surface area (Å²) in [5.74, 6) is -7.79. The average molecular weight is 1300 g/mol. The first-order valence-electron chi connectivity index (χ1n) is 33.8. The molecular weight excluding hydrogens is 1180 g/mol. The quantitative estimate of drug-likeness (QED) is 0.121. The second-order valence-corrected chi connectivity index (χ2v) is 28.8. The standard InChI is InChI=1S/C67H119N11O14/c1-21-22-51-60(84)72-67(15,38-80)92-59(42(8)9)66(90)75(18)52(29-39(2)3)61(85)69-32-43(10)23-26-54(82)76(19)57(41(6)7)65(89)77(20)58(46(13)45(12)27-28-78-34-49-24-25-50(35-78)91-49)63(87)71-56(47(14)81)64(88)73(16)36-55(83)74(17)53(30-40(4)5)62(86)70-48(37-79)31-44(11)33-68-51/h37-53,56-59,68,81H,21-36H2,1-20H3,(H,69,85)(H,70,86)(H,71,87)(H,72,84). The monoisotopic (exact) mass is 1300 g/mol. The maximum Gasteiger partial charge on any atom is 0.252 e. The minimum Gasteiger partial charge on any atom is -0.391 e. The third kappa shape index (κ3) is 23.7. The van der Waals surface area contributed by atoms with Crippen molar-refractivity contribution >= 4 is 65.7 Å². The number of ether oxygens (including phenoxy) is 2. The predicted octanol–water partition coefficient (Wildman–Crippen LogP) is 2.98. The Bertz CT molecular complexity index is 2450. The van der Waals surface area contributed by atoms with Gasteiger partial charge >= 0.3 is 0 Å². The number of amides is 9. The minimum absolute atomic E-state index is 0.00774. The zero-order valence-electron chi connectivity index (χ0n) is 59.4. The summed E-state index contributed by atoms with van der Waals surface area (Å²) in [6.45, 7) is 28.8. The molecule has 2 bridgehead atoms. The van der Waals surface area contributed by atoms with Crippen LogP contribution in [0.2, 0.25) is 0 Å². The Kier molecular flexibility index (Phi) is 32.8. The highest BCUT2D eigenvalue weighted by Crippen LogP contribution is 2.30. The number of carbonyl (C=O) groups is 11. The summed E-state index contributed by atoms with van der Waals surface area (Å²) in [5, 5.41) is 25.8. The van der Waals surface area contributed by atoms with E-state index in [1.165, 1.54) is 61.6 Å². The number of fused-ring (bicyclic) bond motifs is 2. The van der Waals surface area contributed by atoms with Crippen molar-refractivity contribution in [2.24, 2.45) is 47.3 Å². The highest BCUT2D eigenvalue weighted by molar-refractivity contribution is 5.96. The van der Waals surface area contributed by atoms with Gasteiger partial charge in [0.2, 0.25) is 47.3 Å². The number of aliphatic hydroxyl groups is 1. The van der Waals surface area contributed by atoms with Gasteiger partial charge in [0.15, 0.2) is 12.0 Å². The number of morpholine rings is 1. The van der Waals surface area contributed by atoms with Gasteiger partial charge in [0.1, 0.15) is 42.6 Å². The van der Waals surface area contributed by atoms with E-state index in [2.05, 4.69) is 31.5 Å². The van der Waals surface area contributed by atoms with Crippen molar-refractivity contribution in [3.8, 4) is 0 Å². The van der Waals surface area contributed by atoms with Crippen molar-refractivity contribution in [3.05, 3.63) is 0 Å². The number of hydrogen-bond acceptors (Lipinski definition) is 16. The van der Waals surface area contributed by atoms with Crippen LogP contribution in [0.4, 0.5) is 0 Å². The van der Waals surface area contributed by atoms with Crippen LogP contribution in [-0.2, 0) is 62.2 Å². The second kappa shape index (κ2) is 37.5. The number of likely N-dealkylation sites (N-methyl/N-ethyl adjacent to an activating group) is 5. The first kappa shape index (κ1) is 80.6. The van der Waals surface area contributed by atoms with Gasteiger partial charge in [-0.15, -0.1) is 0 Å². The molecule has 3 heterocycles. The largest absolute Gasteiger partial charge is 0.391 e. The summed E-state index contributed by atoms with van der Waals surface area (Å²) in [4.78, 5) is 165. The lowest BCUT2D eigenvalue weighted by atomic mass is 9.84. The van der Waals surface area contributed by atoms with E-state index >= 15 is 9.59 Å². The van der Waals surface area contributed by atoms with Crippen molar-refractivity contribution < 1.29 is 67.3 Å². The normalized spacial score (nSPS) is 31.1. The number of nitrogens with one attached hydrogen (secondary N) is 5. The molecule has 3 fully saturated rings. The number of hydrogen-bond donors (Lipinski definition) is 6. The summed E-state index contributed by atoms with van der Waals surface area (Å²) < 4.78 is 12.3. The zero-order valence-corrected chi connectivity index (χ0v) is 59.4. The van der Waals surface area contributed by atoms with Gasteiger partial charge in [0.05, 0.1) is 36.9 Å². The molecule has 0 radical (unpaired) electrons. The van der Waals surface area contributed by atoms with Crippen LogP contribution in [0.25, 0.3) is 0 Å². The maximum atomic E-state index is 15.1. The van der Waals surface area contributed by atoms with E-state index < -0.39 is 132 Å². The Hall–Kier alpha value is -5.63. The van der Waals surface area contributed by atoms with Crippen molar-refractivity contribution in [1.29, 1.82) is 0 Å². The summed E-state index contributed by atoms with van der Waals surface area (Å²) in [6, 6.07) is -7.83. The van der Waals surface area contributed by atoms with E-state index in [0.717, 1.165) is 30.8 Å². The second-order valence-electron chi connectivity index (χ2n) is 28.8. The average Bonchev–Trinajstić information content (AvgIpc) is 1.01. The summed E-state index contributed by atoms with van der Waals surface area (Å²) in [6.07, 6.45) is 2.96. The van der Waals surface area contributed by atoms with Crippen molar-refractivity contribution in [2.45, 2.75) is 240 Å². The minimum atomic E-state index is -2.00. The predicted molar refractivity (Wildman–Crippen MR) is 351 cm³/mol. The van der Waals surface area contributed by atoms with Crippen LogP contribution >= 0.6 is 0 Å². The van der Waals surface area contributed by atoms with E-state index in [1.54, 1.807) is 34.7 Å². The molecule has 3 rings (SSSR count). The van der Waals surface area contributed by atoms with Crippen LogP contribution in [-0.4, -0.2) is 247 Å². The fraction of sp³-hybridized carbons (Fsp3) is 0.836. The highest BCUT2D eigenvalue weighted by Gasteiger charge is 2.45. The zero-order chi connectivity index (χ0) is 69.8. The number of aldehydes is 2. The summed E-state index contributed by atoms with van der Waals surface area (Å²) in [7, 11) is 7.30. The van der Waals surface area contributed by atoms with Crippen LogP contribution in [0.1, 0.15) is 168 Å². The molecule has 25 nitrogen and oxygen atoms in total. The molecule has 16 atom stereocenters. The molecule has 0 aromatic rings. The van der Waals surface area contributed by atoms with Crippen LogP contribution in [0, 0.1) is 47.3 Å². The molecule has 0 aromatic carbocycles. The van der Waals surface area contributed by atoms with Gasteiger partial charge in [0, 0.05) is 61.3 Å². The molecule has 3 aliphatic heterocycles. The fourth-order valence-corrected chi connectivity index (χ4v) is 12.7. The topological polar surface area (TPSA) is 306 Å². The number of carbonyl (C=O) groups excluding carboxylic acids is 11. The van der Waals surface area contributed by atoms with Crippen LogP contribution in [0.3, 0.4) is 0 Å². The first-order valence-corrected chi connectivity index (χ1v) is 33.8. The Morgan fingerprint density at radius 1 is 0.652 bits per heavy atom. The molecular formula is C67H119N11O14. The van der Waals surface area contributed by atoms with Crippen molar-refractivity contribution in [3.63, 3.8) is 0 Å². The van der Waals surface area contributed by atoms with Gasteiger partial charge in [0.25, 0.3) is 5.91 Å². The van der Waals surface area contributed by atoms with Crippen LogP contribution in [0.15, 0.2) is 0 Å². The maximum absolute atomic E-state index is 15.1. The van der Waals surface area contributed by atoms with Gasteiger partial charge in [-0.2, -0.15) is 0 Å². The van der Waals surface area contributed by atoms with Gasteiger partial charge in [-0.3, -0.25) is 52.8 Å². The molecule has 92 heavy (non-hydrogen) atoms. The number of likely N-dealkylation sites (tertiary alicyclic amines) is 1. The lowest BCUT2D eigenvalue weighted by Gasteiger charge is -2.40. The molecule has 0 aliphatic carbocycles. The Balaban J connectivity index is 2.12. The Labute approximate surface area is 549 Å². The van der Waals surface area contributed by atoms with Crippen LogP contribution < -0.4 is 26.6 Å². The van der Waals surface area contributed by atoms with Crippen LogP contribution in [0.5, 0.6) is 0 Å². The Morgan fingerprint density at radius 2 is 1.24 bits per heavy atom. The first-order chi connectivity index (χ1) is 42.9. The molecule has 16 unspecified atom stereocenters. The van der Waals surface area contributed by atoms with Gasteiger partial charge in [-0.1, -0.05) is 96.4 Å². The molecule has 526 valence electrons. The van der Waals surface area contributed by atoms with E-state index in [0.29, 0.717) is 44.8 Å². The summed E-state index contributed by atoms with van der Waals surface area (Å²) in [5.41, 5.74) is -2.00. The van der Waals surface area contributed by atoms with Crippen molar-refractivity contribution in [2.75, 3.05) is 74.5 Å². The molecule has 3 saturated heterocycles. The van der Waals surface area contributed by atoms with E-state index in [4.69, 9.17) is 9.47 Å². The van der Waals surface area contributed by atoms with E-state index in [-0.39, 0.29) is 86.5 Å². The lowest BCUT2D eigenvalue weighted by Crippen LogP contribution is -2.62. The molecule has 6 N–H and O–H groups in total. The number of rotatable bonds is 16. The molecule has 25 heteroatoms. The third-order valence-electron chi connectivity index (χ3n) is 18.7. The molecule has 0 aromatic heterocycles. The van der Waals surface area contributed by atoms with Gasteiger partial charge in [-0.05, 0) is 126 Å².